The predicted molar refractivity (Wildman–Crippen MR) is 107 cm³/mol. The van der Waals surface area contributed by atoms with Crippen LogP contribution in [-0.4, -0.2) is 43.5 Å². The fraction of sp³-hybridized carbons (Fsp3) is 0.318. The fourth-order valence-electron chi connectivity index (χ4n) is 3.72. The van der Waals surface area contributed by atoms with Crippen molar-refractivity contribution in [2.75, 3.05) is 42.9 Å². The first kappa shape index (κ1) is 17.7. The van der Waals surface area contributed by atoms with Gasteiger partial charge >= 0.3 is 0 Å². The van der Waals surface area contributed by atoms with E-state index in [0.29, 0.717) is 12.1 Å². The molecule has 1 N–H and O–H groups in total. The van der Waals surface area contributed by atoms with E-state index in [4.69, 9.17) is 0 Å². The molecule has 1 fully saturated rings. The number of hydrogen-bond donors (Lipinski definition) is 1. The number of piperazine rings is 1. The number of amides is 1. The summed E-state index contributed by atoms with van der Waals surface area (Å²) in [7, 11) is 0. The molecule has 2 heterocycles. The molecule has 140 valence electrons. The summed E-state index contributed by atoms with van der Waals surface area (Å²) in [4.78, 5) is 15.9. The summed E-state index contributed by atoms with van der Waals surface area (Å²) in [5.41, 5.74) is 4.01. The van der Waals surface area contributed by atoms with Crippen molar-refractivity contribution in [1.29, 1.82) is 0 Å². The second-order valence-electron chi connectivity index (χ2n) is 7.11. The zero-order valence-electron chi connectivity index (χ0n) is 15.3. The van der Waals surface area contributed by atoms with E-state index < -0.39 is 0 Å². The molecule has 2 aliphatic heterocycles. The van der Waals surface area contributed by atoms with Crippen LogP contribution in [0.15, 0.2) is 48.5 Å². The average molecular weight is 365 g/mol. The average Bonchev–Trinajstić information content (AvgIpc) is 2.69. The van der Waals surface area contributed by atoms with Crippen molar-refractivity contribution >= 4 is 23.4 Å². The summed E-state index contributed by atoms with van der Waals surface area (Å²) >= 11 is 0. The highest BCUT2D eigenvalue weighted by Crippen LogP contribution is 2.24. The van der Waals surface area contributed by atoms with Crippen LogP contribution in [0.3, 0.4) is 0 Å². The molecule has 1 saturated heterocycles. The third-order valence-corrected chi connectivity index (χ3v) is 5.26. The number of rotatable bonds is 4. The quantitative estimate of drug-likeness (QED) is 0.900. The first-order chi connectivity index (χ1) is 13.2. The minimum absolute atomic E-state index is 0.0975. The first-order valence-electron chi connectivity index (χ1n) is 9.50. The number of nitrogens with zero attached hydrogens (tertiary/aromatic N) is 2. The standard InChI is InChI=1S/C22H24FN3O/c23-19-5-1-2-6-21(19)26-14-12-25(13-15-26)11-3-4-17-7-9-20-18(16-17)8-10-22(27)24-20/h1-7,9,16H,8,10-15H2,(H,24,27). The van der Waals surface area contributed by atoms with E-state index in [9.17, 15) is 9.18 Å². The number of nitrogens with one attached hydrogen (secondary N) is 1. The van der Waals surface area contributed by atoms with Gasteiger partial charge in [0.05, 0.1) is 5.69 Å². The van der Waals surface area contributed by atoms with E-state index in [0.717, 1.165) is 50.4 Å². The maximum atomic E-state index is 13.9. The Bertz CT molecular complexity index is 856. The molecule has 0 atom stereocenters. The molecule has 0 aromatic heterocycles. The highest BCUT2D eigenvalue weighted by molar-refractivity contribution is 5.94. The maximum Gasteiger partial charge on any atom is 0.224 e. The zero-order valence-corrected chi connectivity index (χ0v) is 15.3. The Balaban J connectivity index is 1.30. The predicted octanol–water partition coefficient (Wildman–Crippen LogP) is 3.55. The van der Waals surface area contributed by atoms with E-state index in [1.54, 1.807) is 6.07 Å². The lowest BCUT2D eigenvalue weighted by Crippen LogP contribution is -2.46. The summed E-state index contributed by atoms with van der Waals surface area (Å²) in [6, 6.07) is 13.2. The summed E-state index contributed by atoms with van der Waals surface area (Å²) in [6.45, 7) is 4.42. The zero-order chi connectivity index (χ0) is 18.6. The second kappa shape index (κ2) is 7.92. The molecule has 0 bridgehead atoms. The highest BCUT2D eigenvalue weighted by Gasteiger charge is 2.18. The molecule has 5 heteroatoms. The van der Waals surface area contributed by atoms with E-state index in [1.165, 1.54) is 11.6 Å². The maximum absolute atomic E-state index is 13.9. The molecule has 0 saturated carbocycles. The number of hydrogen-bond acceptors (Lipinski definition) is 3. The normalized spacial score (nSPS) is 17.8. The number of anilines is 2. The lowest BCUT2D eigenvalue weighted by atomic mass is 10.0. The Hall–Kier alpha value is -2.66. The third kappa shape index (κ3) is 4.19. The molecule has 2 aromatic carbocycles. The van der Waals surface area contributed by atoms with Gasteiger partial charge in [-0.1, -0.05) is 30.4 Å². The summed E-state index contributed by atoms with van der Waals surface area (Å²) in [6.07, 6.45) is 5.69. The van der Waals surface area contributed by atoms with Crippen molar-refractivity contribution in [3.05, 3.63) is 65.5 Å². The number of benzene rings is 2. The van der Waals surface area contributed by atoms with Gasteiger partial charge in [-0.05, 0) is 41.8 Å². The Labute approximate surface area is 159 Å². The number of carbonyl (C=O) groups is 1. The van der Waals surface area contributed by atoms with Gasteiger partial charge in [-0.15, -0.1) is 0 Å². The van der Waals surface area contributed by atoms with Crippen LogP contribution in [0.2, 0.25) is 0 Å². The minimum Gasteiger partial charge on any atom is -0.367 e. The summed E-state index contributed by atoms with van der Waals surface area (Å²) < 4.78 is 13.9. The summed E-state index contributed by atoms with van der Waals surface area (Å²) in [5.74, 6) is -0.0465. The molecule has 0 radical (unpaired) electrons. The largest absolute Gasteiger partial charge is 0.367 e. The van der Waals surface area contributed by atoms with Crippen LogP contribution in [0.25, 0.3) is 6.08 Å². The topological polar surface area (TPSA) is 35.6 Å². The highest BCUT2D eigenvalue weighted by atomic mass is 19.1. The lowest BCUT2D eigenvalue weighted by Gasteiger charge is -2.35. The molecule has 4 nitrogen and oxygen atoms in total. The van der Waals surface area contributed by atoms with Gasteiger partial charge in [0.15, 0.2) is 0 Å². The Morgan fingerprint density at radius 2 is 1.85 bits per heavy atom. The Kier molecular flexibility index (Phi) is 5.21. The summed E-state index contributed by atoms with van der Waals surface area (Å²) in [5, 5.41) is 2.91. The van der Waals surface area contributed by atoms with Gasteiger partial charge in [-0.3, -0.25) is 9.69 Å². The monoisotopic (exact) mass is 365 g/mol. The molecular formula is C22H24FN3O. The van der Waals surface area contributed by atoms with Crippen LogP contribution in [0, 0.1) is 5.82 Å². The van der Waals surface area contributed by atoms with Crippen LogP contribution >= 0.6 is 0 Å². The third-order valence-electron chi connectivity index (χ3n) is 5.26. The molecule has 27 heavy (non-hydrogen) atoms. The van der Waals surface area contributed by atoms with Crippen molar-refractivity contribution in [3.8, 4) is 0 Å². The van der Waals surface area contributed by atoms with Crippen molar-refractivity contribution in [1.82, 2.24) is 4.90 Å². The molecule has 0 spiro atoms. The molecular weight excluding hydrogens is 341 g/mol. The van der Waals surface area contributed by atoms with Gasteiger partial charge in [0, 0.05) is 44.8 Å². The van der Waals surface area contributed by atoms with Crippen molar-refractivity contribution in [3.63, 3.8) is 0 Å². The van der Waals surface area contributed by atoms with Gasteiger partial charge in [0.2, 0.25) is 5.91 Å². The minimum atomic E-state index is -0.144. The fourth-order valence-corrected chi connectivity index (χ4v) is 3.72. The van der Waals surface area contributed by atoms with Gasteiger partial charge in [0.25, 0.3) is 0 Å². The molecule has 0 aliphatic carbocycles. The van der Waals surface area contributed by atoms with Crippen molar-refractivity contribution in [2.24, 2.45) is 0 Å². The number of aryl methyl sites for hydroxylation is 1. The van der Waals surface area contributed by atoms with E-state index in [2.05, 4.69) is 33.3 Å². The SMILES string of the molecule is O=C1CCc2cc(C=CCN3CCN(c4ccccc4F)CC3)ccc2N1. The van der Waals surface area contributed by atoms with Gasteiger partial charge in [-0.2, -0.15) is 0 Å². The van der Waals surface area contributed by atoms with E-state index in [-0.39, 0.29) is 11.7 Å². The van der Waals surface area contributed by atoms with Crippen LogP contribution in [0.1, 0.15) is 17.5 Å². The number of fused-ring (bicyclic) bond motifs is 1. The van der Waals surface area contributed by atoms with E-state index in [1.807, 2.05) is 24.3 Å². The van der Waals surface area contributed by atoms with Crippen LogP contribution in [0.5, 0.6) is 0 Å². The second-order valence-corrected chi connectivity index (χ2v) is 7.11. The van der Waals surface area contributed by atoms with E-state index >= 15 is 0 Å². The van der Waals surface area contributed by atoms with Gasteiger partial charge in [-0.25, -0.2) is 4.39 Å². The lowest BCUT2D eigenvalue weighted by molar-refractivity contribution is -0.116. The molecule has 4 rings (SSSR count). The number of para-hydroxylation sites is 1. The Morgan fingerprint density at radius 3 is 2.67 bits per heavy atom. The molecule has 2 aromatic rings. The van der Waals surface area contributed by atoms with Crippen LogP contribution in [0.4, 0.5) is 15.8 Å². The van der Waals surface area contributed by atoms with Gasteiger partial charge < -0.3 is 10.2 Å². The number of halogens is 1. The molecule has 0 unspecified atom stereocenters. The smallest absolute Gasteiger partial charge is 0.224 e. The Morgan fingerprint density at radius 1 is 1.04 bits per heavy atom. The van der Waals surface area contributed by atoms with Crippen LogP contribution in [-0.2, 0) is 11.2 Å². The first-order valence-corrected chi connectivity index (χ1v) is 9.50. The molecule has 2 aliphatic rings. The van der Waals surface area contributed by atoms with Crippen molar-refractivity contribution in [2.45, 2.75) is 12.8 Å². The van der Waals surface area contributed by atoms with Crippen molar-refractivity contribution < 1.29 is 9.18 Å². The molecule has 1 amide bonds. The van der Waals surface area contributed by atoms with Crippen LogP contribution < -0.4 is 10.2 Å². The van der Waals surface area contributed by atoms with Gasteiger partial charge in [0.1, 0.15) is 5.82 Å². The number of carbonyl (C=O) groups excluding carboxylic acids is 1.